The maximum atomic E-state index is 12.5. The zero-order valence-electron chi connectivity index (χ0n) is 13.2. The number of nitrogens with zero attached hydrogens (tertiary/aromatic N) is 1. The zero-order chi connectivity index (χ0) is 18.0. The summed E-state index contributed by atoms with van der Waals surface area (Å²) in [6, 6.07) is 13.8. The van der Waals surface area contributed by atoms with Gasteiger partial charge >= 0.3 is 0 Å². The highest BCUT2D eigenvalue weighted by molar-refractivity contribution is 8.26. The lowest BCUT2D eigenvalue weighted by atomic mass is 10.1. The van der Waals surface area contributed by atoms with Gasteiger partial charge in [-0.15, -0.1) is 0 Å². The van der Waals surface area contributed by atoms with E-state index in [0.717, 1.165) is 27.9 Å². The molecule has 3 rings (SSSR count). The number of thiocarbonyl (C=S) groups is 1. The molecule has 0 radical (unpaired) electrons. The van der Waals surface area contributed by atoms with E-state index in [0.29, 0.717) is 4.91 Å². The lowest BCUT2D eigenvalue weighted by Gasteiger charge is -2.16. The first-order chi connectivity index (χ1) is 12.0. The fourth-order valence-electron chi connectivity index (χ4n) is 2.21. The summed E-state index contributed by atoms with van der Waals surface area (Å²) >= 11 is 6.30. The van der Waals surface area contributed by atoms with Crippen LogP contribution in [-0.4, -0.2) is 26.3 Å². The number of carbonyl (C=O) groups excluding carboxylic acids is 2. The van der Waals surface area contributed by atoms with Crippen molar-refractivity contribution in [3.63, 3.8) is 0 Å². The highest BCUT2D eigenvalue weighted by Gasteiger charge is 2.34. The van der Waals surface area contributed by atoms with E-state index in [9.17, 15) is 14.7 Å². The first-order valence-corrected chi connectivity index (χ1v) is 8.62. The van der Waals surface area contributed by atoms with Gasteiger partial charge in [0.1, 0.15) is 5.75 Å². The number of phenols is 1. The van der Waals surface area contributed by atoms with Crippen LogP contribution in [0.25, 0.3) is 6.08 Å². The molecule has 1 aliphatic rings. The number of thioether (sulfide) groups is 1. The van der Waals surface area contributed by atoms with Gasteiger partial charge in [0.2, 0.25) is 0 Å². The van der Waals surface area contributed by atoms with Crippen molar-refractivity contribution in [3.05, 3.63) is 70.1 Å². The SMILES string of the molecule is Cc1ccc(/C=C2\SC(=S)N(NC(=O)c3ccccc3O)C2=O)cc1. The summed E-state index contributed by atoms with van der Waals surface area (Å²) in [6.07, 6.45) is 1.73. The molecule has 2 amide bonds. The molecular formula is C18H14N2O3S2. The summed E-state index contributed by atoms with van der Waals surface area (Å²) in [6.45, 7) is 1.98. The lowest BCUT2D eigenvalue weighted by Crippen LogP contribution is -2.44. The molecule has 0 aliphatic carbocycles. The number of carbonyl (C=O) groups is 2. The van der Waals surface area contributed by atoms with Crippen LogP contribution >= 0.6 is 24.0 Å². The Hall–Kier alpha value is -2.64. The highest BCUT2D eigenvalue weighted by Crippen LogP contribution is 2.31. The zero-order valence-corrected chi connectivity index (χ0v) is 14.9. The largest absolute Gasteiger partial charge is 0.507 e. The van der Waals surface area contributed by atoms with Crippen molar-refractivity contribution >= 4 is 46.2 Å². The smallest absolute Gasteiger partial charge is 0.285 e. The van der Waals surface area contributed by atoms with Crippen LogP contribution in [0.15, 0.2) is 53.4 Å². The molecule has 0 bridgehead atoms. The van der Waals surface area contributed by atoms with Crippen molar-refractivity contribution in [2.75, 3.05) is 0 Å². The van der Waals surface area contributed by atoms with Gasteiger partial charge < -0.3 is 5.11 Å². The number of benzene rings is 2. The minimum absolute atomic E-state index is 0.0686. The Balaban J connectivity index is 1.79. The maximum Gasteiger partial charge on any atom is 0.285 e. The van der Waals surface area contributed by atoms with E-state index in [1.807, 2.05) is 31.2 Å². The first-order valence-electron chi connectivity index (χ1n) is 7.39. The maximum absolute atomic E-state index is 12.5. The van der Waals surface area contributed by atoms with Gasteiger partial charge in [0.25, 0.3) is 11.8 Å². The second kappa shape index (κ2) is 7.08. The molecule has 0 spiro atoms. The lowest BCUT2D eigenvalue weighted by molar-refractivity contribution is -0.123. The Morgan fingerprint density at radius 1 is 1.20 bits per heavy atom. The Morgan fingerprint density at radius 2 is 1.88 bits per heavy atom. The van der Waals surface area contributed by atoms with E-state index in [4.69, 9.17) is 12.2 Å². The minimum Gasteiger partial charge on any atom is -0.507 e. The molecule has 2 aromatic carbocycles. The van der Waals surface area contributed by atoms with Crippen LogP contribution < -0.4 is 5.43 Å². The molecule has 1 saturated heterocycles. The fraction of sp³-hybridized carbons (Fsp3) is 0.0556. The summed E-state index contributed by atoms with van der Waals surface area (Å²) < 4.78 is 0.229. The van der Waals surface area contributed by atoms with Crippen molar-refractivity contribution < 1.29 is 14.7 Å². The van der Waals surface area contributed by atoms with Gasteiger partial charge in [-0.2, -0.15) is 5.01 Å². The molecule has 0 saturated carbocycles. The molecule has 0 aromatic heterocycles. The Kier molecular flexibility index (Phi) is 4.87. The molecule has 1 aliphatic heterocycles. The van der Waals surface area contributed by atoms with Crippen LogP contribution in [-0.2, 0) is 4.79 Å². The average molecular weight is 370 g/mol. The van der Waals surface area contributed by atoms with Gasteiger partial charge in [-0.05, 0) is 42.9 Å². The number of hydrogen-bond acceptors (Lipinski definition) is 5. The third kappa shape index (κ3) is 3.72. The second-order valence-corrected chi connectivity index (χ2v) is 7.06. The van der Waals surface area contributed by atoms with Crippen molar-refractivity contribution in [2.24, 2.45) is 0 Å². The van der Waals surface area contributed by atoms with Gasteiger partial charge in [0, 0.05) is 0 Å². The third-order valence-corrected chi connectivity index (χ3v) is 4.83. The summed E-state index contributed by atoms with van der Waals surface area (Å²) in [7, 11) is 0. The standard InChI is InChI=1S/C18H14N2O3S2/c1-11-6-8-12(9-7-11)10-15-17(23)20(18(24)25-15)19-16(22)13-4-2-3-5-14(13)21/h2-10,21H,1H3,(H,19,22)/b15-10-. The van der Waals surface area contributed by atoms with Gasteiger partial charge in [0.15, 0.2) is 4.32 Å². The number of amides is 2. The van der Waals surface area contributed by atoms with Crippen LogP contribution in [0.3, 0.4) is 0 Å². The summed E-state index contributed by atoms with van der Waals surface area (Å²) in [5, 5.41) is 10.8. The average Bonchev–Trinajstić information content (AvgIpc) is 2.85. The first kappa shape index (κ1) is 17.2. The van der Waals surface area contributed by atoms with E-state index < -0.39 is 11.8 Å². The van der Waals surface area contributed by atoms with Gasteiger partial charge in [-0.1, -0.05) is 53.7 Å². The highest BCUT2D eigenvalue weighted by atomic mass is 32.2. The van der Waals surface area contributed by atoms with Crippen molar-refractivity contribution in [2.45, 2.75) is 6.92 Å². The Bertz CT molecular complexity index is 891. The molecule has 2 aromatic rings. The normalized spacial score (nSPS) is 15.7. The molecule has 7 heteroatoms. The van der Waals surface area contributed by atoms with Crippen LogP contribution in [0.5, 0.6) is 5.75 Å². The van der Waals surface area contributed by atoms with E-state index >= 15 is 0 Å². The quantitative estimate of drug-likeness (QED) is 0.641. The van der Waals surface area contributed by atoms with E-state index in [-0.39, 0.29) is 15.6 Å². The number of nitrogens with one attached hydrogen (secondary N) is 1. The number of aryl methyl sites for hydroxylation is 1. The van der Waals surface area contributed by atoms with E-state index in [1.54, 1.807) is 18.2 Å². The second-order valence-electron chi connectivity index (χ2n) is 5.39. The Morgan fingerprint density at radius 3 is 2.56 bits per heavy atom. The number of phenolic OH excluding ortho intramolecular Hbond substituents is 1. The molecule has 1 fully saturated rings. The number of aromatic hydroxyl groups is 1. The fourth-order valence-corrected chi connectivity index (χ4v) is 3.39. The molecule has 126 valence electrons. The summed E-state index contributed by atoms with van der Waals surface area (Å²) in [4.78, 5) is 25.2. The molecule has 25 heavy (non-hydrogen) atoms. The van der Waals surface area contributed by atoms with Crippen LogP contribution in [0.4, 0.5) is 0 Å². The molecular weight excluding hydrogens is 356 g/mol. The van der Waals surface area contributed by atoms with E-state index in [1.165, 1.54) is 12.1 Å². The number of para-hydroxylation sites is 1. The molecule has 0 atom stereocenters. The van der Waals surface area contributed by atoms with Crippen LogP contribution in [0.2, 0.25) is 0 Å². The van der Waals surface area contributed by atoms with Crippen molar-refractivity contribution in [3.8, 4) is 5.75 Å². The topological polar surface area (TPSA) is 69.6 Å². The molecule has 2 N–H and O–H groups in total. The van der Waals surface area contributed by atoms with Crippen LogP contribution in [0.1, 0.15) is 21.5 Å². The monoisotopic (exact) mass is 370 g/mol. The van der Waals surface area contributed by atoms with Gasteiger partial charge in [-0.25, -0.2) is 0 Å². The predicted molar refractivity (Wildman–Crippen MR) is 102 cm³/mol. The predicted octanol–water partition coefficient (Wildman–Crippen LogP) is 3.25. The summed E-state index contributed by atoms with van der Waals surface area (Å²) in [5.41, 5.74) is 4.51. The third-order valence-electron chi connectivity index (χ3n) is 3.53. The number of hydrogen-bond donors (Lipinski definition) is 2. The van der Waals surface area contributed by atoms with E-state index in [2.05, 4.69) is 5.43 Å². The van der Waals surface area contributed by atoms with Gasteiger partial charge in [-0.3, -0.25) is 15.0 Å². The van der Waals surface area contributed by atoms with Crippen molar-refractivity contribution in [1.29, 1.82) is 0 Å². The molecule has 1 heterocycles. The minimum atomic E-state index is -0.606. The van der Waals surface area contributed by atoms with Crippen molar-refractivity contribution in [1.82, 2.24) is 10.4 Å². The van der Waals surface area contributed by atoms with Crippen LogP contribution in [0, 0.1) is 6.92 Å². The molecule has 0 unspecified atom stereocenters. The summed E-state index contributed by atoms with van der Waals surface area (Å²) in [5.74, 6) is -1.18. The molecule has 5 nitrogen and oxygen atoms in total. The number of rotatable bonds is 3. The van der Waals surface area contributed by atoms with Gasteiger partial charge in [0.05, 0.1) is 10.5 Å². The number of hydrazine groups is 1. The Labute approximate surface area is 154 Å².